The lowest BCUT2D eigenvalue weighted by atomic mass is 10.0. The summed E-state index contributed by atoms with van der Waals surface area (Å²) in [5.41, 5.74) is 3.99. The highest BCUT2D eigenvalue weighted by Crippen LogP contribution is 2.40. The highest BCUT2D eigenvalue weighted by molar-refractivity contribution is 6.31. The first kappa shape index (κ1) is 30.2. The molecule has 222 valence electrons. The first-order valence-corrected chi connectivity index (χ1v) is 14.7. The molecular weight excluding hydrogens is 587 g/mol. The maximum Gasteiger partial charge on any atom is 0.244 e. The number of anilines is 2. The molecule has 43 heavy (non-hydrogen) atoms. The summed E-state index contributed by atoms with van der Waals surface area (Å²) in [6.07, 6.45) is 5.43. The molecule has 2 aliphatic heterocycles. The van der Waals surface area contributed by atoms with Gasteiger partial charge in [-0.2, -0.15) is 0 Å². The fourth-order valence-corrected chi connectivity index (χ4v) is 5.33. The zero-order valence-electron chi connectivity index (χ0n) is 23.8. The molecule has 0 bridgehead atoms. The lowest BCUT2D eigenvalue weighted by Gasteiger charge is -2.37. The van der Waals surface area contributed by atoms with Crippen LogP contribution in [0.5, 0.6) is 0 Å². The molecule has 3 aromatic rings. The number of likely N-dealkylation sites (N-methyl/N-ethyl adjacent to an activating group) is 1. The van der Waals surface area contributed by atoms with E-state index >= 15 is 0 Å². The second-order valence-electron chi connectivity index (χ2n) is 10.5. The number of amides is 3. The molecule has 2 unspecified atom stereocenters. The van der Waals surface area contributed by atoms with Gasteiger partial charge in [0.2, 0.25) is 17.7 Å². The third-order valence-electron chi connectivity index (χ3n) is 7.32. The van der Waals surface area contributed by atoms with Crippen LogP contribution in [-0.4, -0.2) is 47.8 Å². The van der Waals surface area contributed by atoms with E-state index in [2.05, 4.69) is 10.6 Å². The lowest BCUT2D eigenvalue weighted by Crippen LogP contribution is -2.42. The van der Waals surface area contributed by atoms with E-state index in [-0.39, 0.29) is 18.4 Å². The van der Waals surface area contributed by atoms with Crippen LogP contribution in [0.3, 0.4) is 0 Å². The number of halogens is 2. The minimum Gasteiger partial charge on any atom is -0.467 e. The molecule has 2 N–H and O–H groups in total. The first-order chi connectivity index (χ1) is 20.6. The normalized spacial score (nSPS) is 18.5. The predicted octanol–water partition coefficient (Wildman–Crippen LogP) is 6.19. The van der Waals surface area contributed by atoms with Crippen molar-refractivity contribution in [3.05, 3.63) is 106 Å². The van der Waals surface area contributed by atoms with Crippen molar-refractivity contribution in [2.24, 2.45) is 0 Å². The largest absolute Gasteiger partial charge is 0.467 e. The predicted molar refractivity (Wildman–Crippen MR) is 170 cm³/mol. The van der Waals surface area contributed by atoms with Crippen LogP contribution in [0.25, 0.3) is 12.2 Å². The molecule has 0 spiro atoms. The Balaban J connectivity index is 1.24. The van der Waals surface area contributed by atoms with Crippen molar-refractivity contribution in [2.75, 3.05) is 30.4 Å². The number of hydrogen-bond donors (Lipinski definition) is 2. The van der Waals surface area contributed by atoms with E-state index in [1.165, 1.54) is 11.0 Å². The Morgan fingerprint density at radius 3 is 2.58 bits per heavy atom. The monoisotopic (exact) mass is 618 g/mol. The van der Waals surface area contributed by atoms with Gasteiger partial charge in [0.1, 0.15) is 5.76 Å². The van der Waals surface area contributed by atoms with E-state index in [0.717, 1.165) is 41.0 Å². The van der Waals surface area contributed by atoms with E-state index in [0.29, 0.717) is 17.2 Å². The van der Waals surface area contributed by atoms with Gasteiger partial charge in [-0.25, -0.2) is 0 Å². The summed E-state index contributed by atoms with van der Waals surface area (Å²) in [5, 5.41) is 6.47. The topological polar surface area (TPSA) is 91.0 Å². The van der Waals surface area contributed by atoms with Gasteiger partial charge in [0.15, 0.2) is 11.2 Å². The molecule has 3 amide bonds. The standard InChI is InChI=1S/C33H32Cl2N4O4/c1-33(35)28(20-24-19-25(34)13-16-27(24)37-33)43-32(23-7-4-3-5-8-23)38(2)31(42)21-36-29(40)17-12-22-10-14-26(15-11-22)39-18-6-9-30(39)41/h3-5,7-8,10-17,19-20,32,37H,6,9,18,21H2,1-2H3,(H,36,40). The molecule has 0 aliphatic carbocycles. The molecule has 0 saturated carbocycles. The van der Waals surface area contributed by atoms with Crippen molar-refractivity contribution in [1.82, 2.24) is 10.2 Å². The molecule has 5 rings (SSSR count). The highest BCUT2D eigenvalue weighted by atomic mass is 35.5. The van der Waals surface area contributed by atoms with Gasteiger partial charge >= 0.3 is 0 Å². The molecular formula is C33H32Cl2N4O4. The number of nitrogens with one attached hydrogen (secondary N) is 2. The summed E-state index contributed by atoms with van der Waals surface area (Å²) < 4.78 is 6.42. The number of hydrogen-bond acceptors (Lipinski definition) is 5. The van der Waals surface area contributed by atoms with Gasteiger partial charge in [0, 0.05) is 53.6 Å². The molecule has 2 heterocycles. The minimum absolute atomic E-state index is 0.122. The van der Waals surface area contributed by atoms with Crippen molar-refractivity contribution in [2.45, 2.75) is 31.0 Å². The fourth-order valence-electron chi connectivity index (χ4n) is 4.95. The Morgan fingerprint density at radius 2 is 1.88 bits per heavy atom. The van der Waals surface area contributed by atoms with Gasteiger partial charge in [0.25, 0.3) is 0 Å². The third kappa shape index (κ3) is 7.21. The maximum atomic E-state index is 13.3. The highest BCUT2D eigenvalue weighted by Gasteiger charge is 2.36. The van der Waals surface area contributed by atoms with Crippen molar-refractivity contribution >= 4 is 64.5 Å². The molecule has 2 aliphatic rings. The third-order valence-corrected chi connectivity index (χ3v) is 7.84. The zero-order chi connectivity index (χ0) is 30.6. The van der Waals surface area contributed by atoms with Crippen molar-refractivity contribution in [3.63, 3.8) is 0 Å². The number of ether oxygens (including phenoxy) is 1. The molecule has 8 nitrogen and oxygen atoms in total. The van der Waals surface area contributed by atoms with Crippen LogP contribution in [0.2, 0.25) is 5.02 Å². The van der Waals surface area contributed by atoms with Crippen LogP contribution >= 0.6 is 23.2 Å². The zero-order valence-corrected chi connectivity index (χ0v) is 25.4. The molecule has 0 radical (unpaired) electrons. The summed E-state index contributed by atoms with van der Waals surface area (Å²) in [7, 11) is 1.61. The number of carbonyl (C=O) groups excluding carboxylic acids is 3. The molecule has 1 saturated heterocycles. The number of carbonyl (C=O) groups is 3. The van der Waals surface area contributed by atoms with E-state index in [1.807, 2.05) is 60.7 Å². The average molecular weight is 620 g/mol. The fraction of sp³-hybridized carbons (Fsp3) is 0.242. The van der Waals surface area contributed by atoms with Gasteiger partial charge < -0.3 is 25.2 Å². The van der Waals surface area contributed by atoms with E-state index in [1.54, 1.807) is 43.2 Å². The summed E-state index contributed by atoms with van der Waals surface area (Å²) in [5.74, 6) is -0.251. The Morgan fingerprint density at radius 1 is 1.14 bits per heavy atom. The number of alkyl halides is 1. The van der Waals surface area contributed by atoms with Gasteiger partial charge in [-0.15, -0.1) is 0 Å². The van der Waals surface area contributed by atoms with Crippen molar-refractivity contribution in [1.29, 1.82) is 0 Å². The first-order valence-electron chi connectivity index (χ1n) is 13.9. The Bertz CT molecular complexity index is 1570. The summed E-state index contributed by atoms with van der Waals surface area (Å²) in [4.78, 5) is 39.9. The lowest BCUT2D eigenvalue weighted by molar-refractivity contribution is -0.141. The summed E-state index contributed by atoms with van der Waals surface area (Å²) >= 11 is 13.0. The SMILES string of the molecule is CN(C(=O)CNC(=O)C=Cc1ccc(N2CCCC2=O)cc1)C(OC1=Cc2cc(Cl)ccc2NC1(C)Cl)c1ccccc1. The summed E-state index contributed by atoms with van der Waals surface area (Å²) in [6.45, 7) is 2.25. The van der Waals surface area contributed by atoms with Crippen LogP contribution in [0, 0.1) is 0 Å². The second-order valence-corrected chi connectivity index (χ2v) is 11.7. The molecule has 0 aromatic heterocycles. The van der Waals surface area contributed by atoms with Crippen molar-refractivity contribution < 1.29 is 19.1 Å². The average Bonchev–Trinajstić information content (AvgIpc) is 3.43. The van der Waals surface area contributed by atoms with E-state index in [9.17, 15) is 14.4 Å². The van der Waals surface area contributed by atoms with E-state index in [4.69, 9.17) is 27.9 Å². The number of rotatable bonds is 9. The van der Waals surface area contributed by atoms with Gasteiger partial charge in [-0.1, -0.05) is 65.7 Å². The van der Waals surface area contributed by atoms with Gasteiger partial charge in [0.05, 0.1) is 6.54 Å². The number of fused-ring (bicyclic) bond motifs is 1. The molecule has 2 atom stereocenters. The summed E-state index contributed by atoms with van der Waals surface area (Å²) in [6, 6.07) is 22.1. The number of benzene rings is 3. The van der Waals surface area contributed by atoms with Crippen molar-refractivity contribution in [3.8, 4) is 0 Å². The Labute approximate surface area is 260 Å². The smallest absolute Gasteiger partial charge is 0.244 e. The molecule has 1 fully saturated rings. The van der Waals surface area contributed by atoms with Crippen LogP contribution in [-0.2, 0) is 19.1 Å². The molecule has 10 heteroatoms. The van der Waals surface area contributed by atoms with Crippen LogP contribution in [0.1, 0.15) is 42.7 Å². The Hall–Kier alpha value is -4.27. The van der Waals surface area contributed by atoms with Gasteiger partial charge in [-0.05, 0) is 61.4 Å². The van der Waals surface area contributed by atoms with Crippen LogP contribution in [0.15, 0.2) is 84.6 Å². The minimum atomic E-state index is -1.08. The van der Waals surface area contributed by atoms with Gasteiger partial charge in [-0.3, -0.25) is 14.4 Å². The van der Waals surface area contributed by atoms with Crippen LogP contribution < -0.4 is 15.5 Å². The quantitative estimate of drug-likeness (QED) is 0.129. The maximum absolute atomic E-state index is 13.3. The second kappa shape index (κ2) is 12.9. The molecule has 3 aromatic carbocycles. The number of nitrogens with zero attached hydrogens (tertiary/aromatic N) is 2. The van der Waals surface area contributed by atoms with E-state index < -0.39 is 17.1 Å². The Kier molecular flexibility index (Phi) is 9.08. The van der Waals surface area contributed by atoms with Crippen LogP contribution in [0.4, 0.5) is 11.4 Å².